The number of carboxylic acid groups (broad SMARTS) is 1. The van der Waals surface area contributed by atoms with Gasteiger partial charge >= 0.3 is 5.97 Å². The highest BCUT2D eigenvalue weighted by atomic mass is 35.5. The number of benzene rings is 2. The summed E-state index contributed by atoms with van der Waals surface area (Å²) in [5.41, 5.74) is 0.750. The second-order valence-electron chi connectivity index (χ2n) is 7.68. The fraction of sp³-hybridized carbons (Fsp3) is 0.364. The van der Waals surface area contributed by atoms with Crippen molar-refractivity contribution >= 4 is 23.5 Å². The molecule has 0 unspecified atom stereocenters. The summed E-state index contributed by atoms with van der Waals surface area (Å²) in [5, 5.41) is 12.4. The molecule has 160 valence electrons. The van der Waals surface area contributed by atoms with Gasteiger partial charge in [-0.1, -0.05) is 23.7 Å². The Morgan fingerprint density at radius 1 is 1.23 bits per heavy atom. The van der Waals surface area contributed by atoms with Crippen molar-refractivity contribution in [2.24, 2.45) is 0 Å². The van der Waals surface area contributed by atoms with E-state index in [0.717, 1.165) is 5.56 Å². The maximum Gasteiger partial charge on any atom is 0.341 e. The Labute approximate surface area is 178 Å². The van der Waals surface area contributed by atoms with Crippen molar-refractivity contribution in [1.29, 1.82) is 0 Å². The third-order valence-corrected chi connectivity index (χ3v) is 5.22. The molecule has 0 radical (unpaired) electrons. The van der Waals surface area contributed by atoms with Crippen molar-refractivity contribution in [2.45, 2.75) is 44.4 Å². The van der Waals surface area contributed by atoms with Crippen molar-refractivity contribution < 1.29 is 28.6 Å². The van der Waals surface area contributed by atoms with Crippen LogP contribution in [0.15, 0.2) is 42.5 Å². The van der Waals surface area contributed by atoms with Crippen LogP contribution in [0.1, 0.15) is 50.0 Å². The number of carboxylic acids is 1. The lowest BCUT2D eigenvalue weighted by Gasteiger charge is -2.43. The number of ether oxygens (including phenoxy) is 2. The van der Waals surface area contributed by atoms with E-state index in [0.29, 0.717) is 29.2 Å². The Balaban J connectivity index is 1.98. The number of halogens is 2. The zero-order valence-corrected chi connectivity index (χ0v) is 17.4. The molecule has 1 amide bonds. The van der Waals surface area contributed by atoms with Crippen LogP contribution in [-0.2, 0) is 14.3 Å². The summed E-state index contributed by atoms with van der Waals surface area (Å²) < 4.78 is 25.1. The third kappa shape index (κ3) is 5.49. The van der Waals surface area contributed by atoms with Crippen LogP contribution in [0, 0.1) is 5.82 Å². The molecule has 0 aliphatic carbocycles. The van der Waals surface area contributed by atoms with Gasteiger partial charge in [0, 0.05) is 35.9 Å². The molecule has 0 bridgehead atoms. The van der Waals surface area contributed by atoms with Crippen molar-refractivity contribution in [2.75, 3.05) is 6.61 Å². The van der Waals surface area contributed by atoms with Crippen LogP contribution >= 0.6 is 11.6 Å². The lowest BCUT2D eigenvalue weighted by atomic mass is 9.81. The minimum Gasteiger partial charge on any atom is -0.482 e. The summed E-state index contributed by atoms with van der Waals surface area (Å²) in [4.78, 5) is 22.8. The van der Waals surface area contributed by atoms with E-state index in [1.165, 1.54) is 19.1 Å². The first-order valence-corrected chi connectivity index (χ1v) is 9.87. The minimum atomic E-state index is -1.10. The number of aliphatic carboxylic acids is 1. The predicted octanol–water partition coefficient (Wildman–Crippen LogP) is 4.43. The van der Waals surface area contributed by atoms with E-state index < -0.39 is 30.3 Å². The van der Waals surface area contributed by atoms with Crippen LogP contribution in [0.4, 0.5) is 4.39 Å². The summed E-state index contributed by atoms with van der Waals surface area (Å²) in [6.45, 7) is 2.86. The molecular formula is C22H23ClFNO5. The van der Waals surface area contributed by atoms with E-state index >= 15 is 0 Å². The molecule has 0 saturated carbocycles. The van der Waals surface area contributed by atoms with Crippen molar-refractivity contribution in [1.82, 2.24) is 5.32 Å². The molecule has 0 aromatic heterocycles. The molecule has 2 aromatic carbocycles. The Kier molecular flexibility index (Phi) is 6.63. The molecule has 1 saturated heterocycles. The average molecular weight is 436 g/mol. The Bertz CT molecular complexity index is 936. The molecule has 3 rings (SSSR count). The molecule has 8 heteroatoms. The van der Waals surface area contributed by atoms with Gasteiger partial charge in [0.15, 0.2) is 6.61 Å². The molecule has 6 nitrogen and oxygen atoms in total. The first-order valence-electron chi connectivity index (χ1n) is 9.49. The summed E-state index contributed by atoms with van der Waals surface area (Å²) in [7, 11) is 0. The number of hydrogen-bond acceptors (Lipinski definition) is 4. The van der Waals surface area contributed by atoms with E-state index in [9.17, 15) is 14.0 Å². The highest BCUT2D eigenvalue weighted by Crippen LogP contribution is 2.46. The van der Waals surface area contributed by atoms with Crippen LogP contribution in [0.5, 0.6) is 5.75 Å². The normalized spacial score (nSPS) is 23.6. The van der Waals surface area contributed by atoms with Gasteiger partial charge in [-0.15, -0.1) is 0 Å². The number of nitrogens with one attached hydrogen (secondary N) is 1. The highest BCUT2D eigenvalue weighted by molar-refractivity contribution is 6.30. The number of carbonyl (C=O) groups is 2. The molecule has 1 heterocycles. The van der Waals surface area contributed by atoms with Crippen LogP contribution in [0.25, 0.3) is 0 Å². The fourth-order valence-electron chi connectivity index (χ4n) is 3.82. The summed E-state index contributed by atoms with van der Waals surface area (Å²) >= 11 is 6.19. The molecule has 0 spiro atoms. The smallest absolute Gasteiger partial charge is 0.341 e. The summed E-state index contributed by atoms with van der Waals surface area (Å²) in [6.07, 6.45) is -0.0464. The van der Waals surface area contributed by atoms with Crippen LogP contribution < -0.4 is 10.1 Å². The third-order valence-electron chi connectivity index (χ3n) is 4.99. The molecule has 2 aromatic rings. The summed E-state index contributed by atoms with van der Waals surface area (Å²) in [6, 6.07) is 10.9. The van der Waals surface area contributed by atoms with E-state index in [2.05, 4.69) is 5.32 Å². The van der Waals surface area contributed by atoms with Gasteiger partial charge in [0.25, 0.3) is 0 Å². The minimum absolute atomic E-state index is 0.176. The Morgan fingerprint density at radius 3 is 2.53 bits per heavy atom. The molecule has 30 heavy (non-hydrogen) atoms. The number of hydrogen-bond donors (Lipinski definition) is 2. The summed E-state index contributed by atoms with van der Waals surface area (Å²) in [5.74, 6) is -1.29. The highest BCUT2D eigenvalue weighted by Gasteiger charge is 2.40. The Hall–Kier alpha value is -2.64. The maximum atomic E-state index is 13.4. The monoisotopic (exact) mass is 435 g/mol. The van der Waals surface area contributed by atoms with Gasteiger partial charge in [0.05, 0.1) is 12.2 Å². The maximum absolute atomic E-state index is 13.4. The van der Waals surface area contributed by atoms with E-state index in [1.807, 2.05) is 6.92 Å². The number of rotatable bonds is 6. The lowest BCUT2D eigenvalue weighted by Crippen LogP contribution is -2.50. The van der Waals surface area contributed by atoms with Crippen molar-refractivity contribution in [3.8, 4) is 5.75 Å². The van der Waals surface area contributed by atoms with E-state index in [4.69, 9.17) is 26.2 Å². The van der Waals surface area contributed by atoms with E-state index in [1.54, 1.807) is 30.3 Å². The predicted molar refractivity (Wildman–Crippen MR) is 109 cm³/mol. The van der Waals surface area contributed by atoms with Gasteiger partial charge in [0.2, 0.25) is 5.91 Å². The van der Waals surface area contributed by atoms with Crippen LogP contribution in [0.2, 0.25) is 5.02 Å². The molecular weight excluding hydrogens is 413 g/mol. The van der Waals surface area contributed by atoms with Crippen LogP contribution in [0.3, 0.4) is 0 Å². The van der Waals surface area contributed by atoms with Gasteiger partial charge in [-0.2, -0.15) is 0 Å². The zero-order valence-electron chi connectivity index (χ0n) is 16.7. The molecule has 2 N–H and O–H groups in total. The second-order valence-corrected chi connectivity index (χ2v) is 8.12. The topological polar surface area (TPSA) is 84.9 Å². The van der Waals surface area contributed by atoms with Gasteiger partial charge in [0.1, 0.15) is 11.6 Å². The standard InChI is InChI=1S/C22H23ClFNO5/c1-13(26)25-22(2)10-19(14-3-6-16(24)7-4-14)30-20(11-22)17-9-15(23)5-8-18(17)29-12-21(27)28/h3-9,19-20H,10-12H2,1-2H3,(H,25,26)(H,27,28)/t19-,20+,22-/m0/s1. The molecule has 1 aliphatic rings. The van der Waals surface area contributed by atoms with Crippen LogP contribution in [-0.4, -0.2) is 29.1 Å². The first kappa shape index (κ1) is 22.1. The SMILES string of the molecule is CC(=O)N[C@@]1(C)C[C@@H](c2ccc(F)cc2)O[C@@H](c2cc(Cl)ccc2OCC(=O)O)C1. The fourth-order valence-corrected chi connectivity index (χ4v) is 4.00. The lowest BCUT2D eigenvalue weighted by molar-refractivity contribution is -0.139. The first-order chi connectivity index (χ1) is 14.1. The molecule has 1 fully saturated rings. The van der Waals surface area contributed by atoms with Crippen molar-refractivity contribution in [3.63, 3.8) is 0 Å². The molecule has 3 atom stereocenters. The van der Waals surface area contributed by atoms with Gasteiger partial charge < -0.3 is 19.9 Å². The zero-order chi connectivity index (χ0) is 21.9. The molecule has 1 aliphatic heterocycles. The largest absolute Gasteiger partial charge is 0.482 e. The van der Waals surface area contributed by atoms with Crippen molar-refractivity contribution in [3.05, 3.63) is 64.4 Å². The van der Waals surface area contributed by atoms with E-state index in [-0.39, 0.29) is 11.7 Å². The van der Waals surface area contributed by atoms with Gasteiger partial charge in [-0.05, 0) is 42.8 Å². The second kappa shape index (κ2) is 9.02. The van der Waals surface area contributed by atoms with Gasteiger partial charge in [-0.25, -0.2) is 9.18 Å². The average Bonchev–Trinajstić information content (AvgIpc) is 2.66. The quantitative estimate of drug-likeness (QED) is 0.701. The number of carbonyl (C=O) groups excluding carboxylic acids is 1. The van der Waals surface area contributed by atoms with Gasteiger partial charge in [-0.3, -0.25) is 4.79 Å². The Morgan fingerprint density at radius 2 is 1.90 bits per heavy atom. The number of amides is 1.